The molecule has 0 aliphatic heterocycles. The Labute approximate surface area is 174 Å². The second-order valence-electron chi connectivity index (χ2n) is 6.26. The molecule has 0 radical (unpaired) electrons. The molecule has 0 saturated carbocycles. The third kappa shape index (κ3) is 4.70. The maximum atomic E-state index is 11.5. The molecule has 0 aliphatic rings. The van der Waals surface area contributed by atoms with Crippen molar-refractivity contribution in [1.29, 1.82) is 0 Å². The molecule has 0 amide bonds. The summed E-state index contributed by atoms with van der Waals surface area (Å²) in [6.07, 6.45) is 3.42. The van der Waals surface area contributed by atoms with Crippen molar-refractivity contribution in [2.24, 2.45) is 5.14 Å². The smallest absolute Gasteiger partial charge is 0.229 e. The van der Waals surface area contributed by atoms with Crippen LogP contribution in [0.5, 0.6) is 0 Å². The number of para-hydroxylation sites is 1. The molecule has 0 aliphatic carbocycles. The largest absolute Gasteiger partial charge is 0.339 e. The molecule has 0 saturated heterocycles. The molecule has 0 fully saturated rings. The number of hydrogen-bond donors (Lipinski definition) is 4. The molecule has 0 atom stereocenters. The summed E-state index contributed by atoms with van der Waals surface area (Å²) in [6.45, 7) is 0. The highest BCUT2D eigenvalue weighted by Crippen LogP contribution is 2.28. The number of H-pyrrole nitrogens is 1. The quantitative estimate of drug-likeness (QED) is 0.336. The lowest BCUT2D eigenvalue weighted by atomic mass is 10.2. The second kappa shape index (κ2) is 7.78. The van der Waals surface area contributed by atoms with Gasteiger partial charge >= 0.3 is 0 Å². The van der Waals surface area contributed by atoms with E-state index in [2.05, 4.69) is 46.7 Å². The van der Waals surface area contributed by atoms with Crippen molar-refractivity contribution in [3.05, 3.63) is 64.9 Å². The number of hydrogen-bond acceptors (Lipinski definition) is 7. The first-order valence-corrected chi connectivity index (χ1v) is 11.0. The molecule has 0 spiro atoms. The molecular formula is C18H16BrN7O2S. The van der Waals surface area contributed by atoms with E-state index in [4.69, 9.17) is 5.14 Å². The Morgan fingerprint density at radius 3 is 2.79 bits per heavy atom. The van der Waals surface area contributed by atoms with Crippen LogP contribution in [0.25, 0.3) is 10.9 Å². The molecule has 29 heavy (non-hydrogen) atoms. The third-order valence-electron chi connectivity index (χ3n) is 4.06. The van der Waals surface area contributed by atoms with Crippen LogP contribution in [0.4, 0.5) is 23.1 Å². The number of nitrogens with two attached hydrogens (primary N) is 1. The van der Waals surface area contributed by atoms with E-state index in [0.717, 1.165) is 16.6 Å². The molecule has 4 aromatic rings. The van der Waals surface area contributed by atoms with Gasteiger partial charge in [-0.15, -0.1) is 0 Å². The van der Waals surface area contributed by atoms with Gasteiger partial charge in [0.2, 0.25) is 16.0 Å². The summed E-state index contributed by atoms with van der Waals surface area (Å²) in [5.41, 5.74) is 2.73. The zero-order valence-corrected chi connectivity index (χ0v) is 17.3. The molecule has 2 heterocycles. The number of fused-ring (bicyclic) bond motifs is 1. The van der Waals surface area contributed by atoms with Gasteiger partial charge in [0.25, 0.3) is 0 Å². The summed E-state index contributed by atoms with van der Waals surface area (Å²) in [4.78, 5) is 8.75. The highest BCUT2D eigenvalue weighted by molar-refractivity contribution is 9.10. The van der Waals surface area contributed by atoms with Crippen LogP contribution in [0.2, 0.25) is 0 Å². The fraction of sp³-hybridized carbons (Fsp3) is 0.0556. The van der Waals surface area contributed by atoms with E-state index in [1.807, 2.05) is 24.4 Å². The predicted octanol–water partition coefficient (Wildman–Crippen LogP) is 3.39. The molecule has 4 rings (SSSR count). The Hall–Kier alpha value is -3.02. The number of aromatic amines is 1. The summed E-state index contributed by atoms with van der Waals surface area (Å²) in [7, 11) is -3.67. The van der Waals surface area contributed by atoms with Gasteiger partial charge in [-0.05, 0) is 45.8 Å². The van der Waals surface area contributed by atoms with Crippen molar-refractivity contribution >= 4 is 60.0 Å². The van der Waals surface area contributed by atoms with Crippen LogP contribution in [-0.2, 0) is 15.8 Å². The van der Waals surface area contributed by atoms with E-state index in [1.54, 1.807) is 30.5 Å². The van der Waals surface area contributed by atoms with Gasteiger partial charge in [-0.3, -0.25) is 5.10 Å². The fourth-order valence-corrected chi connectivity index (χ4v) is 3.74. The zero-order valence-electron chi connectivity index (χ0n) is 14.9. The standard InChI is InChI=1S/C18H16BrN7O2S/c19-14-9-21-18(23-13-6-5-11-8-22-26-16(11)7-13)25-17(14)24-15-4-2-1-3-12(15)10-29(20,27)28/h1-9H,10H2,(H,22,26)(H2,20,27,28)(H2,21,23,24,25). The fourth-order valence-electron chi connectivity index (χ4n) is 2.77. The van der Waals surface area contributed by atoms with Gasteiger partial charge in [0.1, 0.15) is 5.82 Å². The predicted molar refractivity (Wildman–Crippen MR) is 116 cm³/mol. The number of aromatic nitrogens is 4. The van der Waals surface area contributed by atoms with Crippen LogP contribution in [0.3, 0.4) is 0 Å². The van der Waals surface area contributed by atoms with Gasteiger partial charge in [0, 0.05) is 29.2 Å². The molecule has 5 N–H and O–H groups in total. The number of anilines is 4. The van der Waals surface area contributed by atoms with Crippen LogP contribution in [-0.4, -0.2) is 28.6 Å². The molecule has 0 bridgehead atoms. The van der Waals surface area contributed by atoms with Gasteiger partial charge in [-0.2, -0.15) is 10.1 Å². The topological polar surface area (TPSA) is 139 Å². The van der Waals surface area contributed by atoms with Crippen molar-refractivity contribution in [1.82, 2.24) is 20.2 Å². The summed E-state index contributed by atoms with van der Waals surface area (Å²) in [5, 5.41) is 19.5. The van der Waals surface area contributed by atoms with Crippen LogP contribution >= 0.6 is 15.9 Å². The highest BCUT2D eigenvalue weighted by Gasteiger charge is 2.12. The van der Waals surface area contributed by atoms with Gasteiger partial charge in [0.05, 0.1) is 15.7 Å². The maximum Gasteiger partial charge on any atom is 0.229 e. The maximum absolute atomic E-state index is 11.5. The lowest BCUT2D eigenvalue weighted by Crippen LogP contribution is -2.15. The monoisotopic (exact) mass is 473 g/mol. The molecule has 148 valence electrons. The van der Waals surface area contributed by atoms with E-state index >= 15 is 0 Å². The molecule has 9 nitrogen and oxygen atoms in total. The Morgan fingerprint density at radius 1 is 1.14 bits per heavy atom. The normalized spacial score (nSPS) is 11.5. The SMILES string of the molecule is NS(=O)(=O)Cc1ccccc1Nc1nc(Nc2ccc3c[nH]nc3c2)ncc1Br. The Balaban J connectivity index is 1.61. The number of rotatable bonds is 6. The van der Waals surface area contributed by atoms with Crippen molar-refractivity contribution in [2.45, 2.75) is 5.75 Å². The molecule has 2 aromatic carbocycles. The summed E-state index contributed by atoms with van der Waals surface area (Å²) < 4.78 is 23.6. The van der Waals surface area contributed by atoms with Crippen LogP contribution in [0, 0.1) is 0 Å². The lowest BCUT2D eigenvalue weighted by Gasteiger charge is -2.13. The first-order valence-electron chi connectivity index (χ1n) is 8.46. The zero-order chi connectivity index (χ0) is 20.4. The van der Waals surface area contributed by atoms with Gasteiger partial charge in [-0.1, -0.05) is 18.2 Å². The molecule has 0 unspecified atom stereocenters. The number of sulfonamides is 1. The Morgan fingerprint density at radius 2 is 1.97 bits per heavy atom. The van der Waals surface area contributed by atoms with Crippen molar-refractivity contribution in [3.8, 4) is 0 Å². The van der Waals surface area contributed by atoms with Crippen molar-refractivity contribution in [2.75, 3.05) is 10.6 Å². The average molecular weight is 474 g/mol. The van der Waals surface area contributed by atoms with Gasteiger partial charge in [0.15, 0.2) is 0 Å². The lowest BCUT2D eigenvalue weighted by molar-refractivity contribution is 0.597. The molecule has 11 heteroatoms. The minimum Gasteiger partial charge on any atom is -0.339 e. The first kappa shape index (κ1) is 19.3. The minimum atomic E-state index is -3.67. The van der Waals surface area contributed by atoms with E-state index in [-0.39, 0.29) is 5.75 Å². The first-order chi connectivity index (χ1) is 13.9. The number of nitrogens with one attached hydrogen (secondary N) is 3. The number of nitrogens with zero attached hydrogens (tertiary/aromatic N) is 3. The van der Waals surface area contributed by atoms with Crippen LogP contribution < -0.4 is 15.8 Å². The summed E-state index contributed by atoms with van der Waals surface area (Å²) >= 11 is 3.41. The van der Waals surface area contributed by atoms with E-state index in [0.29, 0.717) is 27.5 Å². The molecular weight excluding hydrogens is 458 g/mol. The van der Waals surface area contributed by atoms with E-state index in [1.165, 1.54) is 0 Å². The number of halogens is 1. The third-order valence-corrected chi connectivity index (χ3v) is 5.36. The second-order valence-corrected chi connectivity index (χ2v) is 8.73. The van der Waals surface area contributed by atoms with Crippen molar-refractivity contribution in [3.63, 3.8) is 0 Å². The Kier molecular flexibility index (Phi) is 5.18. The highest BCUT2D eigenvalue weighted by atomic mass is 79.9. The van der Waals surface area contributed by atoms with Crippen molar-refractivity contribution < 1.29 is 8.42 Å². The van der Waals surface area contributed by atoms with Gasteiger partial charge < -0.3 is 10.6 Å². The average Bonchev–Trinajstić information content (AvgIpc) is 3.13. The Bertz CT molecular complexity index is 1290. The summed E-state index contributed by atoms with van der Waals surface area (Å²) in [6, 6.07) is 12.7. The van der Waals surface area contributed by atoms with E-state index < -0.39 is 10.0 Å². The number of benzene rings is 2. The summed E-state index contributed by atoms with van der Waals surface area (Å²) in [5.74, 6) is 0.563. The van der Waals surface area contributed by atoms with Gasteiger partial charge in [-0.25, -0.2) is 18.5 Å². The molecule has 2 aromatic heterocycles. The van der Waals surface area contributed by atoms with Crippen LogP contribution in [0.15, 0.2) is 59.3 Å². The minimum absolute atomic E-state index is 0.284. The van der Waals surface area contributed by atoms with Crippen LogP contribution in [0.1, 0.15) is 5.56 Å². The number of primary sulfonamides is 1. The van der Waals surface area contributed by atoms with E-state index in [9.17, 15) is 8.42 Å².